The molecule has 0 N–H and O–H groups in total. The molecule has 1 aromatic heterocycles. The van der Waals surface area contributed by atoms with E-state index in [1.165, 1.54) is 16.9 Å². The van der Waals surface area contributed by atoms with Crippen LogP contribution in [0, 0.1) is 6.92 Å². The molecule has 1 heterocycles. The Hall–Kier alpha value is -0.870. The van der Waals surface area contributed by atoms with Crippen molar-refractivity contribution in [3.63, 3.8) is 0 Å². The Bertz CT molecular complexity index is 522. The summed E-state index contributed by atoms with van der Waals surface area (Å²) in [7, 11) is 0. The Balaban J connectivity index is 2.32. The van der Waals surface area contributed by atoms with Gasteiger partial charge in [0.1, 0.15) is 5.75 Å². The van der Waals surface area contributed by atoms with Gasteiger partial charge in [-0.1, -0.05) is 41.1 Å². The van der Waals surface area contributed by atoms with Crippen LogP contribution in [-0.4, -0.2) is 4.98 Å². The molecule has 0 fully saturated rings. The zero-order chi connectivity index (χ0) is 12.4. The first-order valence-corrected chi connectivity index (χ1v) is 7.13. The minimum Gasteiger partial charge on any atom is -0.431 e. The number of benzene rings is 1. The monoisotopic (exact) mass is 311 g/mol. The molecule has 0 bridgehead atoms. The van der Waals surface area contributed by atoms with Crippen molar-refractivity contribution in [2.45, 2.75) is 26.7 Å². The lowest BCUT2D eigenvalue weighted by Gasteiger charge is -2.12. The Kier molecular flexibility index (Phi) is 3.84. The largest absolute Gasteiger partial charge is 0.431 e. The van der Waals surface area contributed by atoms with Gasteiger partial charge in [0.2, 0.25) is 0 Å². The molecule has 0 saturated heterocycles. The number of aromatic nitrogens is 1. The van der Waals surface area contributed by atoms with Crippen molar-refractivity contribution in [1.82, 2.24) is 4.98 Å². The van der Waals surface area contributed by atoms with Gasteiger partial charge in [-0.05, 0) is 36.6 Å². The second-order valence-corrected chi connectivity index (χ2v) is 5.93. The number of ether oxygens (including phenoxy) is 1. The van der Waals surface area contributed by atoms with E-state index in [1.54, 1.807) is 0 Å². The maximum Gasteiger partial charge on any atom is 0.278 e. The zero-order valence-electron chi connectivity index (χ0n) is 10.0. The normalized spacial score (nSPS) is 10.9. The van der Waals surface area contributed by atoms with E-state index in [4.69, 9.17) is 4.74 Å². The van der Waals surface area contributed by atoms with Crippen molar-refractivity contribution < 1.29 is 4.74 Å². The van der Waals surface area contributed by atoms with Gasteiger partial charge in [-0.25, -0.2) is 4.98 Å². The molecule has 90 valence electrons. The van der Waals surface area contributed by atoms with Crippen LogP contribution in [0.15, 0.2) is 28.1 Å². The summed E-state index contributed by atoms with van der Waals surface area (Å²) in [4.78, 5) is 4.31. The van der Waals surface area contributed by atoms with E-state index in [1.807, 2.05) is 24.4 Å². The molecule has 2 nitrogen and oxygen atoms in total. The SMILES string of the molecule is Cc1csc(Oc2ccc(Br)cc2C(C)C)n1. The first-order chi connectivity index (χ1) is 8.06. The lowest BCUT2D eigenvalue weighted by Crippen LogP contribution is -1.93. The zero-order valence-corrected chi connectivity index (χ0v) is 12.4. The molecule has 0 aliphatic carbocycles. The average Bonchev–Trinajstić information content (AvgIpc) is 2.66. The Morgan fingerprint density at radius 1 is 1.35 bits per heavy atom. The molecule has 2 rings (SSSR count). The molecule has 17 heavy (non-hydrogen) atoms. The number of halogens is 1. The quantitative estimate of drug-likeness (QED) is 0.784. The van der Waals surface area contributed by atoms with Gasteiger partial charge in [-0.2, -0.15) is 0 Å². The van der Waals surface area contributed by atoms with Crippen molar-refractivity contribution in [2.75, 3.05) is 0 Å². The van der Waals surface area contributed by atoms with E-state index in [-0.39, 0.29) is 0 Å². The standard InChI is InChI=1S/C13H14BrNOS/c1-8(2)11-6-10(14)4-5-12(11)16-13-15-9(3)7-17-13/h4-8H,1-3H3. The fourth-order valence-electron chi connectivity index (χ4n) is 1.54. The molecule has 1 aromatic carbocycles. The van der Waals surface area contributed by atoms with Crippen LogP contribution in [0.25, 0.3) is 0 Å². The van der Waals surface area contributed by atoms with Crippen molar-refractivity contribution in [2.24, 2.45) is 0 Å². The van der Waals surface area contributed by atoms with Crippen LogP contribution in [-0.2, 0) is 0 Å². The fraction of sp³-hybridized carbons (Fsp3) is 0.308. The molecule has 0 aliphatic heterocycles. The summed E-state index contributed by atoms with van der Waals surface area (Å²) in [6.45, 7) is 6.28. The summed E-state index contributed by atoms with van der Waals surface area (Å²) >= 11 is 5.01. The van der Waals surface area contributed by atoms with Gasteiger partial charge in [-0.3, -0.25) is 0 Å². The first kappa shape index (κ1) is 12.6. The van der Waals surface area contributed by atoms with Crippen LogP contribution in [0.2, 0.25) is 0 Å². The highest BCUT2D eigenvalue weighted by molar-refractivity contribution is 9.10. The number of aryl methyl sites for hydroxylation is 1. The molecule has 0 saturated carbocycles. The van der Waals surface area contributed by atoms with Gasteiger partial charge >= 0.3 is 0 Å². The summed E-state index contributed by atoms with van der Waals surface area (Å²) in [5.74, 6) is 1.31. The number of rotatable bonds is 3. The highest BCUT2D eigenvalue weighted by Crippen LogP contribution is 2.33. The summed E-state index contributed by atoms with van der Waals surface area (Å²) in [6.07, 6.45) is 0. The highest BCUT2D eigenvalue weighted by atomic mass is 79.9. The second-order valence-electron chi connectivity index (χ2n) is 4.19. The highest BCUT2D eigenvalue weighted by Gasteiger charge is 2.10. The molecule has 0 unspecified atom stereocenters. The number of hydrogen-bond donors (Lipinski definition) is 0. The van der Waals surface area contributed by atoms with Gasteiger partial charge in [0.25, 0.3) is 5.19 Å². The second kappa shape index (κ2) is 5.19. The fourth-order valence-corrected chi connectivity index (χ4v) is 2.57. The number of hydrogen-bond acceptors (Lipinski definition) is 3. The molecular formula is C13H14BrNOS. The first-order valence-electron chi connectivity index (χ1n) is 5.45. The van der Waals surface area contributed by atoms with Crippen LogP contribution in [0.5, 0.6) is 10.9 Å². The van der Waals surface area contributed by atoms with Gasteiger partial charge in [0.15, 0.2) is 0 Å². The molecule has 0 spiro atoms. The lowest BCUT2D eigenvalue weighted by atomic mass is 10.0. The van der Waals surface area contributed by atoms with Gasteiger partial charge in [0.05, 0.1) is 5.69 Å². The Morgan fingerprint density at radius 3 is 2.71 bits per heavy atom. The summed E-state index contributed by atoms with van der Waals surface area (Å²) in [5, 5.41) is 2.69. The van der Waals surface area contributed by atoms with Gasteiger partial charge < -0.3 is 4.74 Å². The van der Waals surface area contributed by atoms with E-state index < -0.39 is 0 Å². The molecule has 0 radical (unpaired) electrons. The molecule has 0 aliphatic rings. The maximum atomic E-state index is 5.83. The third kappa shape index (κ3) is 3.07. The Morgan fingerprint density at radius 2 is 2.12 bits per heavy atom. The van der Waals surface area contributed by atoms with Crippen LogP contribution in [0.3, 0.4) is 0 Å². The third-order valence-electron chi connectivity index (χ3n) is 2.39. The van der Waals surface area contributed by atoms with E-state index >= 15 is 0 Å². The predicted octanol–water partition coefficient (Wildman–Crippen LogP) is 5.13. The van der Waals surface area contributed by atoms with Crippen molar-refractivity contribution in [3.8, 4) is 10.9 Å². The van der Waals surface area contributed by atoms with Crippen molar-refractivity contribution >= 4 is 27.3 Å². The molecule has 0 amide bonds. The molecular weight excluding hydrogens is 298 g/mol. The topological polar surface area (TPSA) is 22.1 Å². The summed E-state index contributed by atoms with van der Waals surface area (Å²) < 4.78 is 6.91. The van der Waals surface area contributed by atoms with Crippen molar-refractivity contribution in [1.29, 1.82) is 0 Å². The minimum absolute atomic E-state index is 0.420. The van der Waals surface area contributed by atoms with Crippen LogP contribution in [0.4, 0.5) is 0 Å². The van der Waals surface area contributed by atoms with Crippen LogP contribution >= 0.6 is 27.3 Å². The molecule has 4 heteroatoms. The lowest BCUT2D eigenvalue weighted by molar-refractivity contribution is 0.468. The van der Waals surface area contributed by atoms with E-state index in [0.29, 0.717) is 11.1 Å². The maximum absolute atomic E-state index is 5.83. The van der Waals surface area contributed by atoms with E-state index in [9.17, 15) is 0 Å². The Labute approximate surface area is 114 Å². The van der Waals surface area contributed by atoms with E-state index in [2.05, 4.69) is 40.8 Å². The summed E-state index contributed by atoms with van der Waals surface area (Å²) in [6, 6.07) is 6.07. The van der Waals surface area contributed by atoms with E-state index in [0.717, 1.165) is 15.9 Å². The smallest absolute Gasteiger partial charge is 0.278 e. The molecule has 0 atom stereocenters. The van der Waals surface area contributed by atoms with Gasteiger partial charge in [0, 0.05) is 9.85 Å². The average molecular weight is 312 g/mol. The number of thiazole rings is 1. The predicted molar refractivity (Wildman–Crippen MR) is 75.2 cm³/mol. The van der Waals surface area contributed by atoms with Crippen LogP contribution < -0.4 is 4.74 Å². The van der Waals surface area contributed by atoms with Crippen molar-refractivity contribution in [3.05, 3.63) is 39.3 Å². The minimum atomic E-state index is 0.420. The van der Waals surface area contributed by atoms with Gasteiger partial charge in [-0.15, -0.1) is 0 Å². The number of nitrogens with zero attached hydrogens (tertiary/aromatic N) is 1. The molecule has 2 aromatic rings. The third-order valence-corrected chi connectivity index (χ3v) is 3.72. The van der Waals surface area contributed by atoms with Crippen LogP contribution in [0.1, 0.15) is 31.0 Å². The summed E-state index contributed by atoms with van der Waals surface area (Å²) in [5.41, 5.74) is 2.18.